The van der Waals surface area contributed by atoms with Crippen LogP contribution in [0, 0.1) is 0 Å². The molecule has 0 aromatic heterocycles. The van der Waals surface area contributed by atoms with Gasteiger partial charge < -0.3 is 0 Å². The van der Waals surface area contributed by atoms with Crippen LogP contribution in [0.1, 0.15) is 155 Å². The molecule has 156 valence electrons. The van der Waals surface area contributed by atoms with E-state index in [0.717, 1.165) is 0 Å². The van der Waals surface area contributed by atoms with Gasteiger partial charge in [0.25, 0.3) is 0 Å². The van der Waals surface area contributed by atoms with Gasteiger partial charge in [-0.15, -0.1) is 0 Å². The largest absolute Gasteiger partial charge is 0.0885 e. The highest BCUT2D eigenvalue weighted by Gasteiger charge is 1.93. The van der Waals surface area contributed by atoms with Gasteiger partial charge in [0.1, 0.15) is 0 Å². The SMILES string of the molecule is CCCCCCCCCC/C=C\CCCCCCCCCCCCCC. The van der Waals surface area contributed by atoms with Crippen molar-refractivity contribution in [2.24, 2.45) is 0 Å². The van der Waals surface area contributed by atoms with Gasteiger partial charge in [-0.25, -0.2) is 0 Å². The van der Waals surface area contributed by atoms with Crippen LogP contribution in [0.5, 0.6) is 0 Å². The smallest absolute Gasteiger partial charge is 0.0351 e. The number of hydrogen-bond acceptors (Lipinski definition) is 0. The Morgan fingerprint density at radius 1 is 0.308 bits per heavy atom. The second-order valence-corrected chi connectivity index (χ2v) is 8.41. The summed E-state index contributed by atoms with van der Waals surface area (Å²) in [5.41, 5.74) is 0. The lowest BCUT2D eigenvalue weighted by molar-refractivity contribution is 0.545. The molecule has 0 N–H and O–H groups in total. The van der Waals surface area contributed by atoms with Crippen molar-refractivity contribution in [1.29, 1.82) is 0 Å². The summed E-state index contributed by atoms with van der Waals surface area (Å²) in [5.74, 6) is 0. The molecule has 0 heterocycles. The summed E-state index contributed by atoms with van der Waals surface area (Å²) in [6, 6.07) is 0. The Kier molecular flexibility index (Phi) is 24.5. The van der Waals surface area contributed by atoms with Crippen molar-refractivity contribution in [3.8, 4) is 0 Å². The lowest BCUT2D eigenvalue weighted by atomic mass is 10.0. The first kappa shape index (κ1) is 25.7. The van der Waals surface area contributed by atoms with Crippen LogP contribution < -0.4 is 0 Å². The quantitative estimate of drug-likeness (QED) is 0.132. The first-order chi connectivity index (χ1) is 12.9. The van der Waals surface area contributed by atoms with E-state index in [9.17, 15) is 0 Å². The lowest BCUT2D eigenvalue weighted by Crippen LogP contribution is -1.82. The average Bonchev–Trinajstić information content (AvgIpc) is 2.66. The third-order valence-electron chi connectivity index (χ3n) is 5.62. The molecular formula is C26H52. The molecule has 0 fully saturated rings. The maximum Gasteiger partial charge on any atom is -0.0351 e. The van der Waals surface area contributed by atoms with Crippen LogP contribution in [-0.4, -0.2) is 0 Å². The Morgan fingerprint density at radius 2 is 0.538 bits per heavy atom. The van der Waals surface area contributed by atoms with E-state index in [2.05, 4.69) is 26.0 Å². The Labute approximate surface area is 167 Å². The van der Waals surface area contributed by atoms with Gasteiger partial charge in [-0.3, -0.25) is 0 Å². The zero-order valence-corrected chi connectivity index (χ0v) is 18.7. The predicted molar refractivity (Wildman–Crippen MR) is 122 cm³/mol. The Balaban J connectivity index is 3.04. The zero-order chi connectivity index (χ0) is 19.0. The van der Waals surface area contributed by atoms with Crippen molar-refractivity contribution in [3.63, 3.8) is 0 Å². The monoisotopic (exact) mass is 364 g/mol. The van der Waals surface area contributed by atoms with E-state index in [0.29, 0.717) is 0 Å². The van der Waals surface area contributed by atoms with Crippen LogP contribution in [0.3, 0.4) is 0 Å². The maximum atomic E-state index is 2.44. The topological polar surface area (TPSA) is 0 Å². The van der Waals surface area contributed by atoms with E-state index >= 15 is 0 Å². The highest BCUT2D eigenvalue weighted by atomic mass is 14.0. The van der Waals surface area contributed by atoms with E-state index in [1.54, 1.807) is 0 Å². The second-order valence-electron chi connectivity index (χ2n) is 8.41. The van der Waals surface area contributed by atoms with Crippen LogP contribution in [-0.2, 0) is 0 Å². The van der Waals surface area contributed by atoms with E-state index in [4.69, 9.17) is 0 Å². The highest BCUT2D eigenvalue weighted by Crippen LogP contribution is 2.13. The van der Waals surface area contributed by atoms with Crippen LogP contribution in [0.4, 0.5) is 0 Å². The third-order valence-corrected chi connectivity index (χ3v) is 5.62. The molecular weight excluding hydrogens is 312 g/mol. The number of rotatable bonds is 22. The zero-order valence-electron chi connectivity index (χ0n) is 18.7. The van der Waals surface area contributed by atoms with Gasteiger partial charge in [0.15, 0.2) is 0 Å². The van der Waals surface area contributed by atoms with Crippen molar-refractivity contribution >= 4 is 0 Å². The van der Waals surface area contributed by atoms with Gasteiger partial charge >= 0.3 is 0 Å². The standard InChI is InChI=1S/C26H52/c1-3-5-7-9-11-13-15-17-19-21-23-25-26-24-22-20-18-16-14-12-10-8-6-4-2/h21,23H,3-20,22,24-26H2,1-2H3/b23-21-. The van der Waals surface area contributed by atoms with Crippen molar-refractivity contribution < 1.29 is 0 Å². The molecule has 0 aromatic carbocycles. The highest BCUT2D eigenvalue weighted by molar-refractivity contribution is 4.81. The van der Waals surface area contributed by atoms with Crippen LogP contribution in [0.25, 0.3) is 0 Å². The van der Waals surface area contributed by atoms with Crippen molar-refractivity contribution in [1.82, 2.24) is 0 Å². The molecule has 0 saturated heterocycles. The number of allylic oxidation sites excluding steroid dienone is 2. The predicted octanol–water partition coefficient (Wildman–Crippen LogP) is 10.2. The second kappa shape index (κ2) is 24.7. The summed E-state index contributed by atoms with van der Waals surface area (Å²) in [4.78, 5) is 0. The normalized spacial score (nSPS) is 11.6. The fourth-order valence-corrected chi connectivity index (χ4v) is 3.73. The molecule has 0 aliphatic carbocycles. The van der Waals surface area contributed by atoms with Crippen molar-refractivity contribution in [2.75, 3.05) is 0 Å². The summed E-state index contributed by atoms with van der Waals surface area (Å²) in [6.07, 6.45) is 36.4. The summed E-state index contributed by atoms with van der Waals surface area (Å²) in [6.45, 7) is 4.59. The average molecular weight is 365 g/mol. The number of hydrogen-bond donors (Lipinski definition) is 0. The molecule has 0 amide bonds. The van der Waals surface area contributed by atoms with Gasteiger partial charge in [-0.05, 0) is 25.7 Å². The fraction of sp³-hybridized carbons (Fsp3) is 0.923. The van der Waals surface area contributed by atoms with Gasteiger partial charge in [0.2, 0.25) is 0 Å². The minimum atomic E-state index is 1.31. The molecule has 26 heavy (non-hydrogen) atoms. The molecule has 0 aromatic rings. The van der Waals surface area contributed by atoms with Gasteiger partial charge in [-0.2, -0.15) is 0 Å². The molecule has 0 atom stereocenters. The summed E-state index contributed by atoms with van der Waals surface area (Å²) < 4.78 is 0. The maximum absolute atomic E-state index is 2.44. The summed E-state index contributed by atoms with van der Waals surface area (Å²) in [5, 5.41) is 0. The van der Waals surface area contributed by atoms with Crippen LogP contribution in [0.15, 0.2) is 12.2 Å². The molecule has 0 saturated carbocycles. The van der Waals surface area contributed by atoms with Crippen molar-refractivity contribution in [2.45, 2.75) is 155 Å². The molecule has 0 unspecified atom stereocenters. The van der Waals surface area contributed by atoms with Gasteiger partial charge in [0, 0.05) is 0 Å². The molecule has 0 radical (unpaired) electrons. The minimum Gasteiger partial charge on any atom is -0.0885 e. The summed E-state index contributed by atoms with van der Waals surface area (Å²) >= 11 is 0. The van der Waals surface area contributed by atoms with Crippen LogP contribution >= 0.6 is 0 Å². The van der Waals surface area contributed by atoms with E-state index < -0.39 is 0 Å². The minimum absolute atomic E-state index is 1.31. The first-order valence-corrected chi connectivity index (χ1v) is 12.6. The van der Waals surface area contributed by atoms with Gasteiger partial charge in [-0.1, -0.05) is 142 Å². The fourth-order valence-electron chi connectivity index (χ4n) is 3.73. The van der Waals surface area contributed by atoms with Crippen LogP contribution in [0.2, 0.25) is 0 Å². The Hall–Kier alpha value is -0.260. The van der Waals surface area contributed by atoms with Crippen molar-refractivity contribution in [3.05, 3.63) is 12.2 Å². The number of unbranched alkanes of at least 4 members (excludes halogenated alkanes) is 20. The molecule has 0 aliphatic heterocycles. The van der Waals surface area contributed by atoms with E-state index in [1.165, 1.54) is 141 Å². The third kappa shape index (κ3) is 23.7. The lowest BCUT2D eigenvalue weighted by Gasteiger charge is -2.02. The Morgan fingerprint density at radius 3 is 0.808 bits per heavy atom. The molecule has 0 heteroatoms. The summed E-state index contributed by atoms with van der Waals surface area (Å²) in [7, 11) is 0. The molecule has 0 bridgehead atoms. The molecule has 0 nitrogen and oxygen atoms in total. The molecule has 0 aliphatic rings. The Bertz CT molecular complexity index is 253. The van der Waals surface area contributed by atoms with Gasteiger partial charge in [0.05, 0.1) is 0 Å². The van der Waals surface area contributed by atoms with E-state index in [1.807, 2.05) is 0 Å². The van der Waals surface area contributed by atoms with E-state index in [-0.39, 0.29) is 0 Å². The molecule has 0 rings (SSSR count). The molecule has 0 spiro atoms. The first-order valence-electron chi connectivity index (χ1n) is 12.6.